The van der Waals surface area contributed by atoms with Gasteiger partial charge in [0.25, 0.3) is 0 Å². The van der Waals surface area contributed by atoms with E-state index in [0.717, 1.165) is 0 Å². The third kappa shape index (κ3) is 8.84. The van der Waals surface area contributed by atoms with E-state index in [1.54, 1.807) is 0 Å². The van der Waals surface area contributed by atoms with E-state index in [9.17, 15) is 0 Å². The Hall–Kier alpha value is 2.34. The van der Waals surface area contributed by atoms with Gasteiger partial charge in [0.2, 0.25) is 0 Å². The van der Waals surface area contributed by atoms with Crippen molar-refractivity contribution in [1.82, 2.24) is 0 Å². The van der Waals surface area contributed by atoms with E-state index in [2.05, 4.69) is 0 Å². The Morgan fingerprint density at radius 1 is 1.25 bits per heavy atom. The zero-order chi connectivity index (χ0) is 0. The molecular formula is H5FeMgPZn. The molecule has 0 heterocycles. The first-order valence-electron chi connectivity index (χ1n) is 0. The molecule has 0 radical (unpaired) electrons. The Bertz CT molecular complexity index is 13.5. The van der Waals surface area contributed by atoms with Crippen LogP contribution in [0.5, 0.6) is 0 Å². The molecule has 0 saturated heterocycles. The summed E-state index contributed by atoms with van der Waals surface area (Å²) >= 11 is 0. The maximum Gasteiger partial charge on any atom is 2.00 e. The first-order valence-corrected chi connectivity index (χ1v) is 0. The molecule has 0 aromatic carbocycles. The molecule has 0 aliphatic rings. The minimum atomic E-state index is 0. The van der Waals surface area contributed by atoms with E-state index in [0.29, 0.717) is 0 Å². The summed E-state index contributed by atoms with van der Waals surface area (Å²) in [4.78, 5) is 0. The molecule has 0 aromatic heterocycles. The summed E-state index contributed by atoms with van der Waals surface area (Å²) in [7, 11) is 0. The van der Waals surface area contributed by atoms with Crippen LogP contribution in [0.15, 0.2) is 0 Å². The minimum absolute atomic E-state index is 0. The summed E-state index contributed by atoms with van der Waals surface area (Å²) < 4.78 is 0. The summed E-state index contributed by atoms with van der Waals surface area (Å²) in [5, 5.41) is 0. The van der Waals surface area contributed by atoms with Crippen LogP contribution < -0.4 is 0 Å². The van der Waals surface area contributed by atoms with E-state index in [-0.39, 0.29) is 72.4 Å². The Kier molecular flexibility index (Phi) is 152. The Morgan fingerprint density at radius 2 is 1.25 bits per heavy atom. The predicted octanol–water partition coefficient (Wildman–Crippen LogP) is -0.103. The van der Waals surface area contributed by atoms with Crippen molar-refractivity contribution in [3.05, 3.63) is 0 Å². The third-order valence-electron chi connectivity index (χ3n) is 0. The zero-order valence-corrected chi connectivity index (χ0v) is 9.37. The van der Waals surface area contributed by atoms with Crippen molar-refractivity contribution in [3.8, 4) is 0 Å². The van der Waals surface area contributed by atoms with Gasteiger partial charge in [-0.2, -0.15) is 9.90 Å². The van der Waals surface area contributed by atoms with Crippen LogP contribution in [0.3, 0.4) is 0 Å². The fraction of sp³-hybridized carbons (Fsp3) is 0. The molecule has 0 aromatic rings. The van der Waals surface area contributed by atoms with Gasteiger partial charge in [0, 0.05) is 36.5 Å². The summed E-state index contributed by atoms with van der Waals surface area (Å²) in [5.74, 6) is 0. The molecular weight excluding hydrogens is 177 g/mol. The van der Waals surface area contributed by atoms with Crippen LogP contribution in [0.25, 0.3) is 0 Å². The fourth-order valence-electron chi connectivity index (χ4n) is 0. The Labute approximate surface area is 71.8 Å². The quantitative estimate of drug-likeness (QED) is 0.362. The van der Waals surface area contributed by atoms with Gasteiger partial charge < -0.3 is 2.85 Å². The monoisotopic (exact) mass is 180 g/mol. The summed E-state index contributed by atoms with van der Waals surface area (Å²) in [6, 6.07) is 0. The fourth-order valence-corrected chi connectivity index (χ4v) is 0. The predicted molar refractivity (Wildman–Crippen MR) is 19.1 cm³/mol. The molecule has 1 unspecified atom stereocenters. The summed E-state index contributed by atoms with van der Waals surface area (Å²) in [6.45, 7) is 0. The van der Waals surface area contributed by atoms with Crippen LogP contribution in [0.2, 0.25) is 0 Å². The molecule has 4 heteroatoms. The van der Waals surface area contributed by atoms with Gasteiger partial charge in [-0.3, -0.25) is 0 Å². The zero-order valence-electron chi connectivity index (χ0n) is 4.47. The molecule has 0 fully saturated rings. The topological polar surface area (TPSA) is 0 Å². The molecule has 1 atom stereocenters. The molecule has 22 valence electrons. The summed E-state index contributed by atoms with van der Waals surface area (Å²) in [6.07, 6.45) is 0. The average Bonchev–Trinajstić information content (AvgIpc) is 0. The van der Waals surface area contributed by atoms with Gasteiger partial charge in [-0.25, -0.2) is 0 Å². The van der Waals surface area contributed by atoms with Crippen LogP contribution in [0.1, 0.15) is 2.85 Å². The smallest absolute Gasteiger partial charge is 1.00 e. The molecule has 0 spiro atoms. The molecule has 0 bridgehead atoms. The second-order valence-corrected chi connectivity index (χ2v) is 0. The minimum Gasteiger partial charge on any atom is -1.00 e. The Morgan fingerprint density at radius 3 is 1.25 bits per heavy atom. The van der Waals surface area contributed by atoms with Crippen molar-refractivity contribution in [3.63, 3.8) is 0 Å². The first kappa shape index (κ1) is 33.0. The Balaban J connectivity index is 0. The van der Waals surface area contributed by atoms with E-state index in [4.69, 9.17) is 0 Å². The van der Waals surface area contributed by atoms with Crippen LogP contribution in [0, 0.1) is 0 Å². The van der Waals surface area contributed by atoms with Crippen LogP contribution in [-0.4, -0.2) is 23.1 Å². The van der Waals surface area contributed by atoms with Gasteiger partial charge in [0.05, 0.1) is 0 Å². The van der Waals surface area contributed by atoms with Crippen LogP contribution >= 0.6 is 9.90 Å². The second-order valence-electron chi connectivity index (χ2n) is 0. The molecule has 0 rings (SSSR count). The van der Waals surface area contributed by atoms with Crippen molar-refractivity contribution in [2.24, 2.45) is 0 Å². The molecule has 0 nitrogen and oxygen atoms in total. The third-order valence-corrected chi connectivity index (χ3v) is 0. The molecule has 0 amide bonds. The van der Waals surface area contributed by atoms with Gasteiger partial charge in [-0.1, -0.05) is 0 Å². The molecule has 0 aliphatic heterocycles. The van der Waals surface area contributed by atoms with Crippen molar-refractivity contribution in [2.75, 3.05) is 0 Å². The number of hydrogen-bond acceptors (Lipinski definition) is 0. The molecule has 4 heavy (non-hydrogen) atoms. The standard InChI is InChI=1S/Fe.Mg.H3P.Zn.2H/h;;1H3;;;/q;+2;;;2*-1. The van der Waals surface area contributed by atoms with E-state index in [1.807, 2.05) is 0 Å². The van der Waals surface area contributed by atoms with Crippen LogP contribution in [-0.2, 0) is 36.5 Å². The van der Waals surface area contributed by atoms with E-state index >= 15 is 0 Å². The first-order chi connectivity index (χ1) is 0. The van der Waals surface area contributed by atoms with Gasteiger partial charge in [0.1, 0.15) is 0 Å². The van der Waals surface area contributed by atoms with Crippen molar-refractivity contribution in [1.29, 1.82) is 0 Å². The SMILES string of the molecule is P.[Fe].[H-].[H-].[Mg+2].[Zn]. The normalized spacial score (nSPS) is 0. The van der Waals surface area contributed by atoms with Gasteiger partial charge in [0.15, 0.2) is 0 Å². The largest absolute Gasteiger partial charge is 2.00 e. The molecule has 0 aliphatic carbocycles. The summed E-state index contributed by atoms with van der Waals surface area (Å²) in [5.41, 5.74) is 0. The number of hydrogen-bond donors (Lipinski definition) is 0. The molecule has 0 N–H and O–H groups in total. The number of rotatable bonds is 0. The van der Waals surface area contributed by atoms with Gasteiger partial charge >= 0.3 is 23.1 Å². The average molecular weight is 182 g/mol. The maximum atomic E-state index is 0. The second kappa shape index (κ2) is 18.4. The van der Waals surface area contributed by atoms with Gasteiger partial charge in [-0.05, 0) is 0 Å². The maximum absolute atomic E-state index is 0. The van der Waals surface area contributed by atoms with E-state index in [1.165, 1.54) is 0 Å². The van der Waals surface area contributed by atoms with Crippen molar-refractivity contribution < 1.29 is 39.4 Å². The molecule has 0 saturated carbocycles. The van der Waals surface area contributed by atoms with E-state index < -0.39 is 0 Å². The van der Waals surface area contributed by atoms with Gasteiger partial charge in [-0.15, -0.1) is 0 Å². The van der Waals surface area contributed by atoms with Crippen LogP contribution in [0.4, 0.5) is 0 Å². The van der Waals surface area contributed by atoms with Crippen molar-refractivity contribution in [2.45, 2.75) is 0 Å². The van der Waals surface area contributed by atoms with Crippen molar-refractivity contribution >= 4 is 33.0 Å².